The number of ether oxygens (including phenoxy) is 1. The molecular weight excluding hydrogens is 530 g/mol. The van der Waals surface area contributed by atoms with Crippen molar-refractivity contribution < 1.29 is 4.74 Å². The molecule has 0 fully saturated rings. The zero-order valence-corrected chi connectivity index (χ0v) is 23.6. The highest BCUT2D eigenvalue weighted by molar-refractivity contribution is 6.13. The minimum atomic E-state index is 0.744. The maximum Gasteiger partial charge on any atom is 0.146 e. The van der Waals surface area contributed by atoms with Gasteiger partial charge in [-0.25, -0.2) is 15.0 Å². The van der Waals surface area contributed by atoms with Crippen molar-refractivity contribution in [1.82, 2.24) is 23.8 Å². The van der Waals surface area contributed by atoms with E-state index in [2.05, 4.69) is 89.4 Å². The van der Waals surface area contributed by atoms with E-state index in [0.29, 0.717) is 0 Å². The van der Waals surface area contributed by atoms with Crippen molar-refractivity contribution in [3.05, 3.63) is 127 Å². The van der Waals surface area contributed by atoms with Gasteiger partial charge in [-0.05, 0) is 79.2 Å². The highest BCUT2D eigenvalue weighted by atomic mass is 16.5. The Kier molecular flexibility index (Phi) is 4.93. The zero-order valence-electron chi connectivity index (χ0n) is 23.6. The molecule has 9 rings (SSSR count). The van der Waals surface area contributed by atoms with Gasteiger partial charge in [0, 0.05) is 39.0 Å². The van der Waals surface area contributed by atoms with Gasteiger partial charge in [0.25, 0.3) is 0 Å². The van der Waals surface area contributed by atoms with E-state index < -0.39 is 0 Å². The van der Waals surface area contributed by atoms with Crippen LogP contribution in [-0.4, -0.2) is 23.8 Å². The summed E-state index contributed by atoms with van der Waals surface area (Å²) >= 11 is 0. The number of fused-ring (bicyclic) bond motifs is 12. The van der Waals surface area contributed by atoms with Crippen LogP contribution in [0.3, 0.4) is 0 Å². The molecule has 43 heavy (non-hydrogen) atoms. The average molecular weight is 556 g/mol. The normalized spacial score (nSPS) is 12.0. The predicted molar refractivity (Wildman–Crippen MR) is 173 cm³/mol. The van der Waals surface area contributed by atoms with Gasteiger partial charge >= 0.3 is 0 Å². The summed E-state index contributed by atoms with van der Waals surface area (Å²) in [5.41, 5.74) is 8.10. The maximum absolute atomic E-state index is 6.56. The number of para-hydroxylation sites is 1. The molecule has 0 aliphatic heterocycles. The molecule has 0 saturated carbocycles. The van der Waals surface area contributed by atoms with Gasteiger partial charge in [-0.15, -0.1) is 0 Å². The third-order valence-electron chi connectivity index (χ3n) is 8.60. The fourth-order valence-corrected chi connectivity index (χ4v) is 6.49. The van der Waals surface area contributed by atoms with Gasteiger partial charge in [0.2, 0.25) is 0 Å². The zero-order chi connectivity index (χ0) is 28.7. The first-order chi connectivity index (χ1) is 21.2. The second-order valence-electron chi connectivity index (χ2n) is 11.0. The van der Waals surface area contributed by atoms with E-state index in [1.165, 1.54) is 5.39 Å². The lowest BCUT2D eigenvalue weighted by molar-refractivity contribution is 0.484. The van der Waals surface area contributed by atoms with Crippen LogP contribution in [0.15, 0.2) is 116 Å². The van der Waals surface area contributed by atoms with Gasteiger partial charge in [-0.1, -0.05) is 48.5 Å². The number of hydrogen-bond acceptors (Lipinski definition) is 4. The molecule has 0 aliphatic rings. The molecule has 0 radical (unpaired) electrons. The number of aromatic nitrogens is 5. The lowest BCUT2D eigenvalue weighted by atomic mass is 10.1. The largest absolute Gasteiger partial charge is 0.457 e. The summed E-state index contributed by atoms with van der Waals surface area (Å²) in [6.07, 6.45) is 3.77. The second-order valence-corrected chi connectivity index (χ2v) is 11.0. The van der Waals surface area contributed by atoms with Crippen molar-refractivity contribution in [1.29, 1.82) is 0 Å². The molecule has 5 heterocycles. The van der Waals surface area contributed by atoms with Gasteiger partial charge < -0.3 is 4.74 Å². The Morgan fingerprint density at radius 1 is 0.558 bits per heavy atom. The Morgan fingerprint density at radius 2 is 1.23 bits per heavy atom. The Balaban J connectivity index is 1.24. The van der Waals surface area contributed by atoms with Crippen LogP contribution in [0.25, 0.3) is 66.0 Å². The number of benzene rings is 4. The van der Waals surface area contributed by atoms with E-state index in [-0.39, 0.29) is 0 Å². The van der Waals surface area contributed by atoms with Crippen molar-refractivity contribution in [2.24, 2.45) is 0 Å². The fourth-order valence-electron chi connectivity index (χ4n) is 6.49. The van der Waals surface area contributed by atoms with Crippen LogP contribution in [0.2, 0.25) is 0 Å². The minimum absolute atomic E-state index is 0.744. The third kappa shape index (κ3) is 3.44. The second kappa shape index (κ2) is 8.87. The van der Waals surface area contributed by atoms with Crippen LogP contribution in [0.5, 0.6) is 11.5 Å². The van der Waals surface area contributed by atoms with Crippen molar-refractivity contribution in [3.63, 3.8) is 0 Å². The molecular formula is C37H25N5O. The number of hydrogen-bond donors (Lipinski definition) is 0. The van der Waals surface area contributed by atoms with Crippen molar-refractivity contribution >= 4 is 54.8 Å². The van der Waals surface area contributed by atoms with Crippen molar-refractivity contribution in [2.45, 2.75) is 13.8 Å². The van der Waals surface area contributed by atoms with Crippen LogP contribution in [0.4, 0.5) is 0 Å². The van der Waals surface area contributed by atoms with Crippen molar-refractivity contribution in [3.8, 4) is 22.8 Å². The van der Waals surface area contributed by atoms with E-state index >= 15 is 0 Å². The van der Waals surface area contributed by atoms with Crippen molar-refractivity contribution in [2.75, 3.05) is 0 Å². The lowest BCUT2D eigenvalue weighted by Gasteiger charge is -2.13. The maximum atomic E-state index is 6.56. The molecule has 204 valence electrons. The summed E-state index contributed by atoms with van der Waals surface area (Å²) < 4.78 is 11.0. The molecule has 0 saturated heterocycles. The van der Waals surface area contributed by atoms with E-state index in [1.54, 1.807) is 0 Å². The average Bonchev–Trinajstić information content (AvgIpc) is 3.63. The lowest BCUT2D eigenvalue weighted by Crippen LogP contribution is -1.96. The summed E-state index contributed by atoms with van der Waals surface area (Å²) in [7, 11) is 0. The first-order valence-electron chi connectivity index (χ1n) is 14.4. The monoisotopic (exact) mass is 555 g/mol. The van der Waals surface area contributed by atoms with E-state index in [9.17, 15) is 0 Å². The summed E-state index contributed by atoms with van der Waals surface area (Å²) in [4.78, 5) is 14.6. The number of imidazole rings is 2. The van der Waals surface area contributed by atoms with Crippen LogP contribution >= 0.6 is 0 Å². The summed E-state index contributed by atoms with van der Waals surface area (Å²) in [5, 5.41) is 6.58. The Morgan fingerprint density at radius 3 is 2.05 bits per heavy atom. The van der Waals surface area contributed by atoms with Crippen LogP contribution in [0.1, 0.15) is 11.4 Å². The Hall–Kier alpha value is -5.75. The molecule has 0 atom stereocenters. The minimum Gasteiger partial charge on any atom is -0.457 e. The van der Waals surface area contributed by atoms with E-state index in [1.807, 2.05) is 48.8 Å². The molecule has 4 aromatic carbocycles. The van der Waals surface area contributed by atoms with Gasteiger partial charge in [-0.2, -0.15) is 0 Å². The standard InChI is InChI=1S/C37H25N5O/c1-22-23(2)41-33-13-7-6-11-29(33)27-16-14-26(20-32(27)37(41)40-22)43-25-15-17-28-30-12-8-18-38-35(30)42-34(24-9-4-3-5-10-24)21-39-36(42)31(28)19-25/h3-21H,1-2H3. The number of rotatable bonds is 3. The smallest absolute Gasteiger partial charge is 0.146 e. The quantitative estimate of drug-likeness (QED) is 0.204. The van der Waals surface area contributed by atoms with Gasteiger partial charge in [-0.3, -0.25) is 8.80 Å². The first-order valence-corrected chi connectivity index (χ1v) is 14.4. The first kappa shape index (κ1) is 23.9. The van der Waals surface area contributed by atoms with E-state index in [0.717, 1.165) is 83.5 Å². The summed E-state index contributed by atoms with van der Waals surface area (Å²) in [6.45, 7) is 4.19. The fraction of sp³-hybridized carbons (Fsp3) is 0.0541. The third-order valence-corrected chi connectivity index (χ3v) is 8.60. The molecule has 9 aromatic rings. The SMILES string of the molecule is Cc1nc2c3cc(Oc4ccc5c6cccnc6n6c(-c7ccccc7)cnc6c5c4)ccc3c3ccccc3n2c1C. The highest BCUT2D eigenvalue weighted by Crippen LogP contribution is 2.37. The van der Waals surface area contributed by atoms with Crippen LogP contribution in [-0.2, 0) is 0 Å². The summed E-state index contributed by atoms with van der Waals surface area (Å²) in [5.74, 6) is 1.50. The number of pyridine rings is 3. The highest BCUT2D eigenvalue weighted by Gasteiger charge is 2.17. The molecule has 6 heteroatoms. The molecule has 5 aromatic heterocycles. The predicted octanol–water partition coefficient (Wildman–Crippen LogP) is 9.07. The topological polar surface area (TPSA) is 56.7 Å². The molecule has 0 spiro atoms. The molecule has 6 nitrogen and oxygen atoms in total. The number of aryl methyl sites for hydroxylation is 2. The van der Waals surface area contributed by atoms with Gasteiger partial charge in [0.15, 0.2) is 0 Å². The molecule has 0 aliphatic carbocycles. The molecule has 0 amide bonds. The van der Waals surface area contributed by atoms with E-state index in [4.69, 9.17) is 19.7 Å². The molecule has 0 N–H and O–H groups in total. The molecule has 0 bridgehead atoms. The van der Waals surface area contributed by atoms with Crippen LogP contribution < -0.4 is 4.74 Å². The van der Waals surface area contributed by atoms with Gasteiger partial charge in [0.05, 0.1) is 23.1 Å². The van der Waals surface area contributed by atoms with Crippen LogP contribution in [0, 0.1) is 13.8 Å². The molecule has 0 unspecified atom stereocenters. The Bertz CT molecular complexity index is 2560. The summed E-state index contributed by atoms with van der Waals surface area (Å²) in [6, 6.07) is 35.4. The Labute approximate surface area is 246 Å². The van der Waals surface area contributed by atoms with Gasteiger partial charge in [0.1, 0.15) is 28.4 Å². The number of nitrogens with zero attached hydrogens (tertiary/aromatic N) is 5.